The van der Waals surface area contributed by atoms with E-state index in [1.54, 1.807) is 17.4 Å². The van der Waals surface area contributed by atoms with Crippen LogP contribution in [0.1, 0.15) is 32.6 Å². The summed E-state index contributed by atoms with van der Waals surface area (Å²) in [5.74, 6) is 2.05. The van der Waals surface area contributed by atoms with Crippen molar-refractivity contribution < 1.29 is 5.11 Å². The zero-order chi connectivity index (χ0) is 18.4. The first kappa shape index (κ1) is 16.6. The van der Waals surface area contributed by atoms with E-state index < -0.39 is 0 Å². The number of imidazole rings is 1. The first-order valence-electron chi connectivity index (χ1n) is 9.50. The summed E-state index contributed by atoms with van der Waals surface area (Å²) >= 11 is 1.57. The highest BCUT2D eigenvalue weighted by atomic mass is 32.1. The summed E-state index contributed by atoms with van der Waals surface area (Å²) in [5, 5.41) is 19.5. The van der Waals surface area contributed by atoms with Gasteiger partial charge in [0.2, 0.25) is 0 Å². The molecule has 5 nitrogen and oxygen atoms in total. The van der Waals surface area contributed by atoms with Gasteiger partial charge in [-0.3, -0.25) is 0 Å². The molecule has 0 aliphatic heterocycles. The van der Waals surface area contributed by atoms with Crippen molar-refractivity contribution in [2.45, 2.75) is 38.6 Å². The van der Waals surface area contributed by atoms with Gasteiger partial charge < -0.3 is 10.4 Å². The number of phenolic OH excluding ortho intramolecular Hbond substituents is 1. The van der Waals surface area contributed by atoms with E-state index in [9.17, 15) is 5.11 Å². The Labute approximate surface area is 161 Å². The van der Waals surface area contributed by atoms with Crippen molar-refractivity contribution in [3.63, 3.8) is 0 Å². The average molecular weight is 379 g/mol. The highest BCUT2D eigenvalue weighted by molar-refractivity contribution is 7.22. The van der Waals surface area contributed by atoms with Gasteiger partial charge >= 0.3 is 0 Å². The summed E-state index contributed by atoms with van der Waals surface area (Å²) in [6.07, 6.45) is 6.82. The van der Waals surface area contributed by atoms with Crippen LogP contribution >= 0.6 is 11.3 Å². The number of aromatic hydroxyl groups is 1. The summed E-state index contributed by atoms with van der Waals surface area (Å²) < 4.78 is 2.79. The van der Waals surface area contributed by atoms with Crippen molar-refractivity contribution in [1.82, 2.24) is 14.6 Å². The van der Waals surface area contributed by atoms with E-state index in [1.807, 2.05) is 35.0 Å². The first-order chi connectivity index (χ1) is 13.2. The zero-order valence-corrected chi connectivity index (χ0v) is 16.0. The molecule has 1 saturated carbocycles. The molecule has 1 fully saturated rings. The maximum Gasteiger partial charge on any atom is 0.154 e. The van der Waals surface area contributed by atoms with Gasteiger partial charge in [-0.1, -0.05) is 19.1 Å². The SMILES string of the molecule is CC1CCC(Nc2ccc3ncc(-c4cc5cccc(O)c5s4)n3n2)CC1. The van der Waals surface area contributed by atoms with Crippen LogP contribution in [0.25, 0.3) is 26.3 Å². The van der Waals surface area contributed by atoms with E-state index in [1.165, 1.54) is 25.7 Å². The number of nitrogens with zero attached hydrogens (tertiary/aromatic N) is 3. The van der Waals surface area contributed by atoms with E-state index in [0.717, 1.165) is 38.0 Å². The molecule has 0 unspecified atom stereocenters. The average Bonchev–Trinajstić information content (AvgIpc) is 3.28. The second-order valence-electron chi connectivity index (χ2n) is 7.54. The Hall–Kier alpha value is -2.60. The predicted octanol–water partition coefficient (Wildman–Crippen LogP) is 5.31. The van der Waals surface area contributed by atoms with Gasteiger partial charge in [0.05, 0.1) is 15.8 Å². The molecule has 5 rings (SSSR count). The lowest BCUT2D eigenvalue weighted by Crippen LogP contribution is -2.25. The molecule has 1 aromatic carbocycles. The van der Waals surface area contributed by atoms with Crippen LogP contribution in [0.2, 0.25) is 0 Å². The number of hydrogen-bond acceptors (Lipinski definition) is 5. The minimum atomic E-state index is 0.319. The number of hydrogen-bond donors (Lipinski definition) is 2. The molecule has 0 radical (unpaired) electrons. The summed E-state index contributed by atoms with van der Waals surface area (Å²) in [6.45, 7) is 2.33. The first-order valence-corrected chi connectivity index (χ1v) is 10.3. The molecule has 0 spiro atoms. The third-order valence-corrected chi connectivity index (χ3v) is 6.70. The zero-order valence-electron chi connectivity index (χ0n) is 15.2. The van der Waals surface area contributed by atoms with Crippen LogP contribution in [0.15, 0.2) is 42.6 Å². The number of benzene rings is 1. The Morgan fingerprint density at radius 2 is 2.00 bits per heavy atom. The number of fused-ring (bicyclic) bond motifs is 2. The van der Waals surface area contributed by atoms with Crippen molar-refractivity contribution in [3.8, 4) is 16.3 Å². The monoisotopic (exact) mass is 378 g/mol. The Kier molecular flexibility index (Phi) is 4.01. The summed E-state index contributed by atoms with van der Waals surface area (Å²) in [5.41, 5.74) is 1.78. The molecule has 0 bridgehead atoms. The molecule has 0 amide bonds. The second-order valence-corrected chi connectivity index (χ2v) is 8.59. The van der Waals surface area contributed by atoms with E-state index in [0.29, 0.717) is 11.8 Å². The van der Waals surface area contributed by atoms with E-state index in [2.05, 4.69) is 23.3 Å². The van der Waals surface area contributed by atoms with Gasteiger partial charge in [-0.05, 0) is 61.3 Å². The number of nitrogens with one attached hydrogen (secondary N) is 1. The molecule has 1 aliphatic rings. The van der Waals surface area contributed by atoms with Gasteiger partial charge in [0.15, 0.2) is 5.65 Å². The van der Waals surface area contributed by atoms with Crippen LogP contribution in [-0.4, -0.2) is 25.7 Å². The van der Waals surface area contributed by atoms with Gasteiger partial charge in [-0.2, -0.15) is 0 Å². The van der Waals surface area contributed by atoms with Crippen molar-refractivity contribution >= 4 is 32.9 Å². The molecule has 1 aliphatic carbocycles. The number of phenols is 1. The minimum Gasteiger partial charge on any atom is -0.506 e. The smallest absolute Gasteiger partial charge is 0.154 e. The molecule has 2 N–H and O–H groups in total. The quantitative estimate of drug-likeness (QED) is 0.507. The topological polar surface area (TPSA) is 62.5 Å². The van der Waals surface area contributed by atoms with Crippen LogP contribution in [-0.2, 0) is 0 Å². The molecule has 0 saturated heterocycles. The number of rotatable bonds is 3. The molecule has 3 heterocycles. The Morgan fingerprint density at radius 1 is 1.15 bits per heavy atom. The van der Waals surface area contributed by atoms with Gasteiger partial charge in [0, 0.05) is 6.04 Å². The second kappa shape index (κ2) is 6.53. The molecule has 138 valence electrons. The van der Waals surface area contributed by atoms with Crippen molar-refractivity contribution in [1.29, 1.82) is 0 Å². The molecule has 27 heavy (non-hydrogen) atoms. The maximum absolute atomic E-state index is 10.1. The molecule has 0 atom stereocenters. The van der Waals surface area contributed by atoms with Gasteiger partial charge in [0.1, 0.15) is 17.3 Å². The Morgan fingerprint density at radius 3 is 2.81 bits per heavy atom. The van der Waals surface area contributed by atoms with Crippen LogP contribution in [0.3, 0.4) is 0 Å². The lowest BCUT2D eigenvalue weighted by Gasteiger charge is -2.27. The Bertz CT molecular complexity index is 1110. The van der Waals surface area contributed by atoms with Crippen LogP contribution in [0.5, 0.6) is 5.75 Å². The van der Waals surface area contributed by atoms with Gasteiger partial charge in [-0.25, -0.2) is 9.50 Å². The molecule has 3 aromatic heterocycles. The summed E-state index contributed by atoms with van der Waals surface area (Å²) in [6, 6.07) is 12.2. The molecular weight excluding hydrogens is 356 g/mol. The summed E-state index contributed by atoms with van der Waals surface area (Å²) in [4.78, 5) is 5.55. The van der Waals surface area contributed by atoms with Crippen LogP contribution in [0.4, 0.5) is 5.82 Å². The fourth-order valence-electron chi connectivity index (χ4n) is 3.91. The molecule has 6 heteroatoms. The van der Waals surface area contributed by atoms with Crippen molar-refractivity contribution in [3.05, 3.63) is 42.6 Å². The lowest BCUT2D eigenvalue weighted by molar-refractivity contribution is 0.360. The summed E-state index contributed by atoms with van der Waals surface area (Å²) in [7, 11) is 0. The number of thiophene rings is 1. The highest BCUT2D eigenvalue weighted by Crippen LogP contribution is 2.38. The molecular formula is C21H22N4OS. The normalized spacial score (nSPS) is 20.3. The number of anilines is 1. The predicted molar refractivity (Wildman–Crippen MR) is 111 cm³/mol. The van der Waals surface area contributed by atoms with E-state index in [4.69, 9.17) is 5.10 Å². The maximum atomic E-state index is 10.1. The largest absolute Gasteiger partial charge is 0.506 e. The van der Waals surface area contributed by atoms with Crippen LogP contribution < -0.4 is 5.32 Å². The van der Waals surface area contributed by atoms with E-state index in [-0.39, 0.29) is 0 Å². The third-order valence-electron chi connectivity index (χ3n) is 5.51. The Balaban J connectivity index is 1.50. The minimum absolute atomic E-state index is 0.319. The van der Waals surface area contributed by atoms with Crippen molar-refractivity contribution in [2.24, 2.45) is 5.92 Å². The van der Waals surface area contributed by atoms with Gasteiger partial charge in [-0.15, -0.1) is 16.4 Å². The fraction of sp³-hybridized carbons (Fsp3) is 0.333. The number of aromatic nitrogens is 3. The molecule has 4 aromatic rings. The lowest BCUT2D eigenvalue weighted by atomic mass is 9.87. The standard InChI is InChI=1S/C21H22N4OS/c1-13-5-7-15(8-6-13)23-19-9-10-20-22-12-16(25(20)24-19)18-11-14-3-2-4-17(26)21(14)27-18/h2-4,9-13,15,26H,5-8H2,1H3,(H,23,24). The van der Waals surface area contributed by atoms with E-state index >= 15 is 0 Å². The van der Waals surface area contributed by atoms with Crippen molar-refractivity contribution in [2.75, 3.05) is 5.32 Å². The van der Waals surface area contributed by atoms with Crippen LogP contribution in [0, 0.1) is 5.92 Å². The fourth-order valence-corrected chi connectivity index (χ4v) is 4.97. The third kappa shape index (κ3) is 3.04. The highest BCUT2D eigenvalue weighted by Gasteiger charge is 2.19. The van der Waals surface area contributed by atoms with Gasteiger partial charge in [0.25, 0.3) is 0 Å².